The molecule has 1 aliphatic rings. The molecule has 1 fully saturated rings. The van der Waals surface area contributed by atoms with Gasteiger partial charge in [-0.15, -0.1) is 0 Å². The number of nitrogens with zero attached hydrogens (tertiary/aromatic N) is 1. The zero-order valence-electron chi connectivity index (χ0n) is 12.9. The first-order chi connectivity index (χ1) is 11.5. The van der Waals surface area contributed by atoms with Crippen LogP contribution in [0.25, 0.3) is 0 Å². The first-order valence-electron chi connectivity index (χ1n) is 7.38. The quantitative estimate of drug-likeness (QED) is 0.645. The summed E-state index contributed by atoms with van der Waals surface area (Å²) in [5.41, 5.74) is 0.597. The van der Waals surface area contributed by atoms with E-state index in [-0.39, 0.29) is 29.6 Å². The maximum Gasteiger partial charge on any atom is 0.202 e. The first-order valence-corrected chi connectivity index (χ1v) is 9.73. The van der Waals surface area contributed by atoms with Gasteiger partial charge in [-0.25, -0.2) is 4.39 Å². The highest BCUT2D eigenvalue weighted by Gasteiger charge is 2.34. The maximum atomic E-state index is 12.9. The minimum Gasteiger partial charge on any atom is -0.489 e. The topological polar surface area (TPSA) is 69.4 Å². The predicted molar refractivity (Wildman–Crippen MR) is 89.9 cm³/mol. The summed E-state index contributed by atoms with van der Waals surface area (Å²) in [6.45, 7) is -0.934. The second kappa shape index (κ2) is 7.14. The van der Waals surface area contributed by atoms with Gasteiger partial charge in [0.25, 0.3) is 0 Å². The molecule has 1 atom stereocenters. The number of rotatable bonds is 7. The molecular formula is C16H15BrFNO4S. The van der Waals surface area contributed by atoms with Gasteiger partial charge in [0.05, 0.1) is 33.0 Å². The van der Waals surface area contributed by atoms with Gasteiger partial charge >= 0.3 is 0 Å². The van der Waals surface area contributed by atoms with E-state index in [1.807, 2.05) is 0 Å². The summed E-state index contributed by atoms with van der Waals surface area (Å²) < 4.78 is 35.8. The molecule has 0 amide bonds. The molecule has 128 valence electrons. The monoisotopic (exact) mass is 415 g/mol. The largest absolute Gasteiger partial charge is 0.489 e. The number of carbonyl (C=O) groups is 1. The van der Waals surface area contributed by atoms with E-state index in [1.54, 1.807) is 12.1 Å². The van der Waals surface area contributed by atoms with Gasteiger partial charge in [-0.1, -0.05) is 5.16 Å². The number of halogens is 2. The zero-order valence-corrected chi connectivity index (χ0v) is 15.3. The van der Waals surface area contributed by atoms with Crippen LogP contribution in [0.3, 0.4) is 0 Å². The van der Waals surface area contributed by atoms with Gasteiger partial charge in [0.1, 0.15) is 19.0 Å². The number of ketones is 1. The predicted octanol–water partition coefficient (Wildman–Crippen LogP) is 3.63. The Morgan fingerprint density at radius 3 is 2.83 bits per heavy atom. The summed E-state index contributed by atoms with van der Waals surface area (Å²) in [6.07, 6.45) is 4.79. The van der Waals surface area contributed by atoms with Crippen LogP contribution < -0.4 is 4.74 Å². The Morgan fingerprint density at radius 1 is 1.46 bits per heavy atom. The summed E-state index contributed by atoms with van der Waals surface area (Å²) in [7, 11) is -1.42. The molecule has 1 aromatic carbocycles. The number of hydrogen-bond acceptors (Lipinski definition) is 5. The first kappa shape index (κ1) is 17.3. The fourth-order valence-corrected chi connectivity index (χ4v) is 4.24. The number of ether oxygens (including phenoxy) is 1. The molecule has 2 aromatic rings. The van der Waals surface area contributed by atoms with Gasteiger partial charge < -0.3 is 9.26 Å². The van der Waals surface area contributed by atoms with Gasteiger partial charge in [-0.05, 0) is 40.9 Å². The van der Waals surface area contributed by atoms with E-state index in [1.165, 1.54) is 12.5 Å². The molecule has 1 unspecified atom stereocenters. The van der Waals surface area contributed by atoms with Crippen molar-refractivity contribution < 1.29 is 22.7 Å². The van der Waals surface area contributed by atoms with Crippen molar-refractivity contribution in [3.63, 3.8) is 0 Å². The SMILES string of the molecule is CS(=O)c1c(Br)ccc(C(=O)c2cnoc2C2CC2)c1OCCF. The van der Waals surface area contributed by atoms with E-state index in [4.69, 9.17) is 9.26 Å². The average molecular weight is 416 g/mol. The average Bonchev–Trinajstić information content (AvgIpc) is 3.28. The van der Waals surface area contributed by atoms with Gasteiger partial charge in [-0.2, -0.15) is 0 Å². The van der Waals surface area contributed by atoms with Crippen LogP contribution in [0.1, 0.15) is 40.4 Å². The minimum atomic E-state index is -1.42. The van der Waals surface area contributed by atoms with Crippen LogP contribution in [0, 0.1) is 0 Å². The van der Waals surface area contributed by atoms with Crippen LogP contribution in [0.2, 0.25) is 0 Å². The van der Waals surface area contributed by atoms with Crippen molar-refractivity contribution in [2.75, 3.05) is 19.5 Å². The summed E-state index contributed by atoms with van der Waals surface area (Å²) in [5.74, 6) is 0.595. The molecular weight excluding hydrogens is 401 g/mol. The van der Waals surface area contributed by atoms with E-state index >= 15 is 0 Å². The highest BCUT2D eigenvalue weighted by atomic mass is 79.9. The molecule has 0 saturated heterocycles. The molecule has 1 heterocycles. The van der Waals surface area contributed by atoms with E-state index in [0.717, 1.165) is 12.8 Å². The number of hydrogen-bond donors (Lipinski definition) is 0. The lowest BCUT2D eigenvalue weighted by Gasteiger charge is -2.14. The summed E-state index contributed by atoms with van der Waals surface area (Å²) in [4.78, 5) is 13.3. The second-order valence-electron chi connectivity index (χ2n) is 5.45. The van der Waals surface area contributed by atoms with Crippen molar-refractivity contribution in [1.29, 1.82) is 0 Å². The molecule has 0 radical (unpaired) electrons. The number of carbonyl (C=O) groups excluding carboxylic acids is 1. The van der Waals surface area contributed by atoms with Crippen molar-refractivity contribution >= 4 is 32.5 Å². The Kier molecular flexibility index (Phi) is 5.15. The van der Waals surface area contributed by atoms with Crippen molar-refractivity contribution in [1.82, 2.24) is 5.16 Å². The Bertz CT molecular complexity index is 803. The zero-order chi connectivity index (χ0) is 17.3. The van der Waals surface area contributed by atoms with Crippen LogP contribution >= 0.6 is 15.9 Å². The van der Waals surface area contributed by atoms with Crippen LogP contribution in [-0.4, -0.2) is 34.7 Å². The molecule has 1 aromatic heterocycles. The Labute approximate surface area is 149 Å². The molecule has 0 bridgehead atoms. The lowest BCUT2D eigenvalue weighted by Crippen LogP contribution is -2.11. The van der Waals surface area contributed by atoms with Crippen LogP contribution in [-0.2, 0) is 10.8 Å². The van der Waals surface area contributed by atoms with E-state index < -0.39 is 17.5 Å². The van der Waals surface area contributed by atoms with E-state index in [9.17, 15) is 13.4 Å². The lowest BCUT2D eigenvalue weighted by atomic mass is 10.0. The smallest absolute Gasteiger partial charge is 0.202 e. The van der Waals surface area contributed by atoms with Gasteiger partial charge in [0, 0.05) is 16.6 Å². The molecule has 1 aliphatic carbocycles. The molecule has 1 saturated carbocycles. The Balaban J connectivity index is 2.08. The van der Waals surface area contributed by atoms with Gasteiger partial charge in [0.2, 0.25) is 5.78 Å². The standard InChI is InChI=1S/C16H15BrFNO4S/c1-24(21)16-12(17)5-4-10(15(16)22-7-6-18)13(20)11-8-19-23-14(11)9-2-3-9/h4-5,8-9H,2-3,6-7H2,1H3. The summed E-state index contributed by atoms with van der Waals surface area (Å²) in [6, 6.07) is 3.20. The molecule has 0 aliphatic heterocycles. The fraction of sp³-hybridized carbons (Fsp3) is 0.375. The minimum absolute atomic E-state index is 0.135. The lowest BCUT2D eigenvalue weighted by molar-refractivity contribution is 0.103. The maximum absolute atomic E-state index is 12.9. The van der Waals surface area contributed by atoms with Crippen molar-refractivity contribution in [2.24, 2.45) is 0 Å². The number of aromatic nitrogens is 1. The Hall–Kier alpha value is -1.54. The second-order valence-corrected chi connectivity index (χ2v) is 7.62. The normalized spacial score (nSPS) is 15.3. The molecule has 0 spiro atoms. The van der Waals surface area contributed by atoms with E-state index in [0.29, 0.717) is 20.7 Å². The van der Waals surface area contributed by atoms with Gasteiger partial charge in [-0.3, -0.25) is 9.00 Å². The number of benzene rings is 1. The summed E-state index contributed by atoms with van der Waals surface area (Å²) >= 11 is 3.31. The third-order valence-electron chi connectivity index (χ3n) is 3.71. The highest BCUT2D eigenvalue weighted by molar-refractivity contribution is 9.10. The van der Waals surface area contributed by atoms with Crippen molar-refractivity contribution in [3.05, 3.63) is 39.7 Å². The molecule has 24 heavy (non-hydrogen) atoms. The van der Waals surface area contributed by atoms with Crippen LogP contribution in [0.4, 0.5) is 4.39 Å². The molecule has 5 nitrogen and oxygen atoms in total. The van der Waals surface area contributed by atoms with Gasteiger partial charge in [0.15, 0.2) is 5.76 Å². The molecule has 0 N–H and O–H groups in total. The third kappa shape index (κ3) is 3.30. The number of alkyl halides is 1. The summed E-state index contributed by atoms with van der Waals surface area (Å²) in [5, 5.41) is 3.73. The van der Waals surface area contributed by atoms with Crippen LogP contribution in [0.5, 0.6) is 5.75 Å². The molecule has 8 heteroatoms. The Morgan fingerprint density at radius 2 is 2.21 bits per heavy atom. The fourth-order valence-electron chi connectivity index (χ4n) is 2.47. The van der Waals surface area contributed by atoms with E-state index in [2.05, 4.69) is 21.1 Å². The highest BCUT2D eigenvalue weighted by Crippen LogP contribution is 2.43. The van der Waals surface area contributed by atoms with Crippen LogP contribution in [0.15, 0.2) is 32.2 Å². The van der Waals surface area contributed by atoms with Crippen molar-refractivity contribution in [3.8, 4) is 5.75 Å². The third-order valence-corrected chi connectivity index (χ3v) is 5.61. The molecule has 3 rings (SSSR count). The van der Waals surface area contributed by atoms with Crippen molar-refractivity contribution in [2.45, 2.75) is 23.7 Å².